The van der Waals surface area contributed by atoms with Crippen molar-refractivity contribution in [2.75, 3.05) is 6.54 Å². The Morgan fingerprint density at radius 3 is 2.67 bits per heavy atom. The molecule has 0 rings (SSSR count). The Bertz CT molecular complexity index is 159. The standard InChI is InChI=1S/C8H16N2OS/c1-2-3-4-5-10-8(11)6-7(9)12/h2-6H2,1H3,(H2,9,12)(H,10,11). The van der Waals surface area contributed by atoms with E-state index in [0.717, 1.165) is 25.8 Å². The molecule has 3 N–H and O–H groups in total. The van der Waals surface area contributed by atoms with Gasteiger partial charge in [0.05, 0.1) is 11.4 Å². The highest BCUT2D eigenvalue weighted by atomic mass is 32.1. The number of amides is 1. The molecule has 0 spiro atoms. The number of hydrogen-bond acceptors (Lipinski definition) is 2. The van der Waals surface area contributed by atoms with Gasteiger partial charge in [-0.3, -0.25) is 4.79 Å². The average Bonchev–Trinajstić information content (AvgIpc) is 1.97. The van der Waals surface area contributed by atoms with E-state index in [1.807, 2.05) is 0 Å². The smallest absolute Gasteiger partial charge is 0.226 e. The topological polar surface area (TPSA) is 55.1 Å². The van der Waals surface area contributed by atoms with E-state index in [2.05, 4.69) is 24.5 Å². The number of carbonyl (C=O) groups excluding carboxylic acids is 1. The van der Waals surface area contributed by atoms with E-state index in [0.29, 0.717) is 0 Å². The van der Waals surface area contributed by atoms with Gasteiger partial charge in [0.25, 0.3) is 0 Å². The lowest BCUT2D eigenvalue weighted by Crippen LogP contribution is -2.28. The number of nitrogens with one attached hydrogen (secondary N) is 1. The summed E-state index contributed by atoms with van der Waals surface area (Å²) < 4.78 is 0. The summed E-state index contributed by atoms with van der Waals surface area (Å²) in [7, 11) is 0. The molecule has 0 radical (unpaired) electrons. The molecular weight excluding hydrogens is 172 g/mol. The van der Waals surface area contributed by atoms with Crippen LogP contribution in [0.25, 0.3) is 0 Å². The summed E-state index contributed by atoms with van der Waals surface area (Å²) in [5.74, 6) is -0.0707. The molecule has 0 atom stereocenters. The van der Waals surface area contributed by atoms with Crippen LogP contribution in [0.4, 0.5) is 0 Å². The Balaban J connectivity index is 3.26. The number of nitrogens with two attached hydrogens (primary N) is 1. The zero-order valence-electron chi connectivity index (χ0n) is 7.43. The van der Waals surface area contributed by atoms with Crippen LogP contribution >= 0.6 is 12.2 Å². The van der Waals surface area contributed by atoms with Crippen molar-refractivity contribution >= 4 is 23.1 Å². The van der Waals surface area contributed by atoms with Gasteiger partial charge in [0.1, 0.15) is 0 Å². The molecule has 0 aromatic heterocycles. The first kappa shape index (κ1) is 11.4. The maximum atomic E-state index is 10.9. The Morgan fingerprint density at radius 1 is 1.50 bits per heavy atom. The monoisotopic (exact) mass is 188 g/mol. The molecule has 0 saturated carbocycles. The van der Waals surface area contributed by atoms with Gasteiger partial charge in [-0.15, -0.1) is 0 Å². The van der Waals surface area contributed by atoms with Crippen molar-refractivity contribution in [3.8, 4) is 0 Å². The van der Waals surface area contributed by atoms with Gasteiger partial charge in [-0.25, -0.2) is 0 Å². The molecule has 0 aliphatic carbocycles. The van der Waals surface area contributed by atoms with Crippen LogP contribution in [0.3, 0.4) is 0 Å². The Hall–Kier alpha value is -0.640. The minimum Gasteiger partial charge on any atom is -0.393 e. The lowest BCUT2D eigenvalue weighted by molar-refractivity contribution is -0.119. The predicted octanol–water partition coefficient (Wildman–Crippen LogP) is 0.969. The van der Waals surface area contributed by atoms with Crippen LogP contribution in [0.1, 0.15) is 32.6 Å². The van der Waals surface area contributed by atoms with Gasteiger partial charge in [-0.05, 0) is 6.42 Å². The highest BCUT2D eigenvalue weighted by Gasteiger charge is 2.00. The van der Waals surface area contributed by atoms with Crippen molar-refractivity contribution in [2.45, 2.75) is 32.6 Å². The summed E-state index contributed by atoms with van der Waals surface area (Å²) >= 11 is 4.59. The highest BCUT2D eigenvalue weighted by molar-refractivity contribution is 7.80. The average molecular weight is 188 g/mol. The van der Waals surface area contributed by atoms with Crippen LogP contribution in [-0.4, -0.2) is 17.4 Å². The maximum absolute atomic E-state index is 10.9. The molecule has 12 heavy (non-hydrogen) atoms. The van der Waals surface area contributed by atoms with Gasteiger partial charge in [0, 0.05) is 6.54 Å². The minimum atomic E-state index is -0.0707. The molecular formula is C8H16N2OS. The van der Waals surface area contributed by atoms with Crippen LogP contribution in [-0.2, 0) is 4.79 Å². The van der Waals surface area contributed by atoms with E-state index in [9.17, 15) is 4.79 Å². The predicted molar refractivity (Wildman–Crippen MR) is 53.9 cm³/mol. The van der Waals surface area contributed by atoms with E-state index in [1.165, 1.54) is 0 Å². The van der Waals surface area contributed by atoms with Crippen LogP contribution in [0.2, 0.25) is 0 Å². The van der Waals surface area contributed by atoms with Crippen molar-refractivity contribution in [3.05, 3.63) is 0 Å². The van der Waals surface area contributed by atoms with Crippen LogP contribution in [0, 0.1) is 0 Å². The second kappa shape index (κ2) is 7.03. The zero-order chi connectivity index (χ0) is 9.40. The van der Waals surface area contributed by atoms with Crippen molar-refractivity contribution in [3.63, 3.8) is 0 Å². The summed E-state index contributed by atoms with van der Waals surface area (Å²) in [5, 5.41) is 2.74. The number of rotatable bonds is 6. The fourth-order valence-corrected chi connectivity index (χ4v) is 0.955. The van der Waals surface area contributed by atoms with E-state index < -0.39 is 0 Å². The van der Waals surface area contributed by atoms with Crippen molar-refractivity contribution in [1.29, 1.82) is 0 Å². The van der Waals surface area contributed by atoms with Gasteiger partial charge in [-0.2, -0.15) is 0 Å². The molecule has 3 nitrogen and oxygen atoms in total. The summed E-state index contributed by atoms with van der Waals surface area (Å²) in [4.78, 5) is 11.2. The maximum Gasteiger partial charge on any atom is 0.226 e. The summed E-state index contributed by atoms with van der Waals surface area (Å²) in [6.45, 7) is 2.85. The molecule has 0 aromatic carbocycles. The SMILES string of the molecule is CCCCCNC(=O)CC(N)=S. The highest BCUT2D eigenvalue weighted by Crippen LogP contribution is 1.91. The zero-order valence-corrected chi connectivity index (χ0v) is 8.25. The van der Waals surface area contributed by atoms with Gasteiger partial charge >= 0.3 is 0 Å². The fraction of sp³-hybridized carbons (Fsp3) is 0.750. The third-order valence-corrected chi connectivity index (χ3v) is 1.58. The molecule has 0 bridgehead atoms. The van der Waals surface area contributed by atoms with Gasteiger partial charge in [0.2, 0.25) is 5.91 Å². The number of carbonyl (C=O) groups is 1. The summed E-state index contributed by atoms with van der Waals surface area (Å²) in [6.07, 6.45) is 3.50. The van der Waals surface area contributed by atoms with E-state index in [4.69, 9.17) is 5.73 Å². The number of hydrogen-bond donors (Lipinski definition) is 2. The van der Waals surface area contributed by atoms with Crippen molar-refractivity contribution < 1.29 is 4.79 Å². The molecule has 0 aliphatic rings. The molecule has 0 aromatic rings. The molecule has 0 heterocycles. The van der Waals surface area contributed by atoms with E-state index in [-0.39, 0.29) is 17.3 Å². The van der Waals surface area contributed by atoms with E-state index in [1.54, 1.807) is 0 Å². The quantitative estimate of drug-likeness (QED) is 0.482. The van der Waals surface area contributed by atoms with Crippen LogP contribution in [0.5, 0.6) is 0 Å². The molecule has 0 saturated heterocycles. The van der Waals surface area contributed by atoms with Gasteiger partial charge in [0.15, 0.2) is 0 Å². The molecule has 0 aliphatic heterocycles. The van der Waals surface area contributed by atoms with Gasteiger partial charge in [-0.1, -0.05) is 32.0 Å². The molecule has 1 amide bonds. The first-order chi connectivity index (χ1) is 5.66. The fourth-order valence-electron chi connectivity index (χ4n) is 0.824. The summed E-state index contributed by atoms with van der Waals surface area (Å²) in [6, 6.07) is 0. The second-order valence-electron chi connectivity index (χ2n) is 2.70. The first-order valence-corrected chi connectivity index (χ1v) is 4.62. The third-order valence-electron chi connectivity index (χ3n) is 1.44. The Morgan fingerprint density at radius 2 is 2.17 bits per heavy atom. The van der Waals surface area contributed by atoms with Gasteiger partial charge < -0.3 is 11.1 Å². The number of unbranched alkanes of at least 4 members (excludes halogenated alkanes) is 2. The van der Waals surface area contributed by atoms with E-state index >= 15 is 0 Å². The van der Waals surface area contributed by atoms with Crippen molar-refractivity contribution in [2.24, 2.45) is 5.73 Å². The van der Waals surface area contributed by atoms with Crippen LogP contribution in [0.15, 0.2) is 0 Å². The number of thiocarbonyl (C=S) groups is 1. The van der Waals surface area contributed by atoms with Crippen molar-refractivity contribution in [1.82, 2.24) is 5.32 Å². The lowest BCUT2D eigenvalue weighted by Gasteiger charge is -2.02. The summed E-state index contributed by atoms with van der Waals surface area (Å²) in [5.41, 5.74) is 5.19. The Labute approximate surface area is 78.7 Å². The third kappa shape index (κ3) is 7.47. The minimum absolute atomic E-state index is 0.0707. The lowest BCUT2D eigenvalue weighted by atomic mass is 10.2. The first-order valence-electron chi connectivity index (χ1n) is 4.21. The molecule has 4 heteroatoms. The van der Waals surface area contributed by atoms with Crippen LogP contribution < -0.4 is 11.1 Å². The molecule has 0 fully saturated rings. The normalized spacial score (nSPS) is 9.42. The molecule has 70 valence electrons. The largest absolute Gasteiger partial charge is 0.393 e. The molecule has 0 unspecified atom stereocenters. The Kier molecular flexibility index (Phi) is 6.66. The second-order valence-corrected chi connectivity index (χ2v) is 3.22.